The van der Waals surface area contributed by atoms with Crippen LogP contribution in [0, 0.1) is 11.3 Å². The fraction of sp³-hybridized carbons (Fsp3) is 0.242. The van der Waals surface area contributed by atoms with E-state index >= 15 is 8.78 Å². The topological polar surface area (TPSA) is 137 Å². The van der Waals surface area contributed by atoms with Gasteiger partial charge in [-0.3, -0.25) is 14.5 Å². The van der Waals surface area contributed by atoms with Crippen molar-refractivity contribution in [2.75, 3.05) is 23.9 Å². The van der Waals surface area contributed by atoms with Gasteiger partial charge in [0.05, 0.1) is 24.6 Å². The molecule has 0 saturated heterocycles. The number of ether oxygens (including phenoxy) is 1. The predicted molar refractivity (Wildman–Crippen MR) is 169 cm³/mol. The Morgan fingerprint density at radius 3 is 2.43 bits per heavy atom. The molecule has 0 spiro atoms. The van der Waals surface area contributed by atoms with E-state index in [0.717, 1.165) is 0 Å². The summed E-state index contributed by atoms with van der Waals surface area (Å²) in [5.41, 5.74) is 0.0474. The minimum atomic E-state index is -3.78. The van der Waals surface area contributed by atoms with Gasteiger partial charge >= 0.3 is 10.0 Å². The number of aromatic nitrogens is 2. The molecule has 1 aromatic heterocycles. The van der Waals surface area contributed by atoms with E-state index < -0.39 is 45.1 Å². The highest BCUT2D eigenvalue weighted by atomic mass is 32.2. The van der Waals surface area contributed by atoms with Crippen LogP contribution < -0.4 is 15.0 Å². The second kappa shape index (κ2) is 11.7. The molecule has 3 aromatic carbocycles. The molecule has 2 amide bonds. The molecule has 0 radical (unpaired) electrons. The van der Waals surface area contributed by atoms with Crippen molar-refractivity contribution >= 4 is 39.4 Å². The zero-order valence-electron chi connectivity index (χ0n) is 25.5. The molecule has 240 valence electrons. The van der Waals surface area contributed by atoms with Crippen LogP contribution in [0.5, 0.6) is 5.75 Å². The molecule has 0 fully saturated rings. The number of fused-ring (bicyclic) bond motifs is 3. The number of benzene rings is 3. The lowest BCUT2D eigenvalue weighted by Crippen LogP contribution is -2.52. The monoisotopic (exact) mass is 659 g/mol. The summed E-state index contributed by atoms with van der Waals surface area (Å²) in [6, 6.07) is 17.3. The number of carbonyl (C=O) groups is 2. The number of rotatable bonds is 8. The van der Waals surface area contributed by atoms with E-state index in [-0.39, 0.29) is 51.6 Å². The lowest BCUT2D eigenvalue weighted by molar-refractivity contribution is -0.353. The van der Waals surface area contributed by atoms with Crippen molar-refractivity contribution in [3.63, 3.8) is 0 Å². The van der Waals surface area contributed by atoms with Gasteiger partial charge in [-0.1, -0.05) is 42.5 Å². The maximum atomic E-state index is 15.3. The average Bonchev–Trinajstić information content (AvgIpc) is 3.70. The van der Waals surface area contributed by atoms with Crippen molar-refractivity contribution in [1.29, 1.82) is 5.26 Å². The molecular formula is C33H29F2N6O5S+. The third-order valence-corrected chi connectivity index (χ3v) is 10.4. The quantitative estimate of drug-likeness (QED) is 0.274. The highest BCUT2D eigenvalue weighted by Gasteiger charge is 2.52. The molecule has 0 saturated carbocycles. The summed E-state index contributed by atoms with van der Waals surface area (Å²) in [5.74, 6) is -4.27. The smallest absolute Gasteiger partial charge is 0.366 e. The Bertz CT molecular complexity index is 2070. The molecule has 14 heteroatoms. The molecule has 6 rings (SSSR count). The van der Waals surface area contributed by atoms with Crippen LogP contribution in [0.25, 0.3) is 0 Å². The lowest BCUT2D eigenvalue weighted by atomic mass is 9.99. The standard InChI is InChI=1S/C33H28F2N6O5S/c1-20(2)47(44,45)39-18-27-28(19-39)41-30(26(17-37-41)38-31(42)21-9-14-29(46-3)22(15-21)16-36)32(43)40(27)25-12-10-24(11-13-25)33(34,35)23-7-5-4-6-8-23/h4-15,17,19-20,27-28H,18H2,1-3H3/p+1/t27-,28-/m0/s1. The number of sulfonamides is 1. The average molecular weight is 660 g/mol. The fourth-order valence-electron chi connectivity index (χ4n) is 5.79. The van der Waals surface area contributed by atoms with Gasteiger partial charge in [0.15, 0.2) is 24.5 Å². The first-order valence-corrected chi connectivity index (χ1v) is 16.1. The number of halogens is 2. The van der Waals surface area contributed by atoms with E-state index in [1.807, 2.05) is 6.07 Å². The second-order valence-corrected chi connectivity index (χ2v) is 13.8. The van der Waals surface area contributed by atoms with Gasteiger partial charge < -0.3 is 10.1 Å². The van der Waals surface area contributed by atoms with Crippen LogP contribution in [0.15, 0.2) is 79.0 Å². The van der Waals surface area contributed by atoms with Crippen LogP contribution >= 0.6 is 0 Å². The van der Waals surface area contributed by atoms with Gasteiger partial charge in [0.25, 0.3) is 17.7 Å². The number of carbonyl (C=O) groups excluding carboxylic acids is 2. The Kier molecular flexibility index (Phi) is 7.88. The Hall–Kier alpha value is -5.42. The second-order valence-electron chi connectivity index (χ2n) is 11.4. The maximum Gasteiger partial charge on any atom is 0.366 e. The summed E-state index contributed by atoms with van der Waals surface area (Å²) in [7, 11) is -2.39. The van der Waals surface area contributed by atoms with Crippen LogP contribution in [0.1, 0.15) is 57.4 Å². The number of nitrogens with one attached hydrogen (secondary N) is 1. The highest BCUT2D eigenvalue weighted by molar-refractivity contribution is 7.86. The molecule has 2 atom stereocenters. The molecule has 4 aromatic rings. The summed E-state index contributed by atoms with van der Waals surface area (Å²) < 4.78 is 64.8. The normalized spacial score (nSPS) is 17.5. The number of methoxy groups -OCH3 is 1. The maximum absolute atomic E-state index is 15.3. The zero-order chi connectivity index (χ0) is 33.7. The Labute approximate surface area is 269 Å². The van der Waals surface area contributed by atoms with Crippen LogP contribution in [0.2, 0.25) is 0 Å². The van der Waals surface area contributed by atoms with Gasteiger partial charge in [0.1, 0.15) is 23.1 Å². The minimum Gasteiger partial charge on any atom is -0.495 e. The van der Waals surface area contributed by atoms with Gasteiger partial charge in [-0.2, -0.15) is 27.6 Å². The lowest BCUT2D eigenvalue weighted by Gasteiger charge is -2.35. The molecule has 47 heavy (non-hydrogen) atoms. The van der Waals surface area contributed by atoms with Crippen LogP contribution in [-0.4, -0.2) is 65.2 Å². The Balaban J connectivity index is 1.40. The first kappa shape index (κ1) is 31.6. The number of nitrogens with zero attached hydrogens (tertiary/aromatic N) is 5. The van der Waals surface area contributed by atoms with E-state index in [4.69, 9.17) is 4.74 Å². The van der Waals surface area contributed by atoms with Crippen molar-refractivity contribution < 1.29 is 35.5 Å². The number of alkyl halides is 2. The molecular weight excluding hydrogens is 630 g/mol. The largest absolute Gasteiger partial charge is 0.495 e. The Morgan fingerprint density at radius 2 is 1.79 bits per heavy atom. The van der Waals surface area contributed by atoms with Crippen LogP contribution in [0.4, 0.5) is 20.2 Å². The van der Waals surface area contributed by atoms with Gasteiger partial charge in [0.2, 0.25) is 0 Å². The van der Waals surface area contributed by atoms with E-state index in [1.54, 1.807) is 19.9 Å². The van der Waals surface area contributed by atoms with Gasteiger partial charge in [0, 0.05) is 22.4 Å². The third-order valence-electron chi connectivity index (χ3n) is 8.31. The van der Waals surface area contributed by atoms with Crippen molar-refractivity contribution in [1.82, 2.24) is 9.78 Å². The number of anilines is 2. The fourth-order valence-corrected chi connectivity index (χ4v) is 6.98. The van der Waals surface area contributed by atoms with Gasteiger partial charge in [-0.05, 0) is 44.2 Å². The summed E-state index contributed by atoms with van der Waals surface area (Å²) in [6.45, 7) is 3.00. The van der Waals surface area contributed by atoms with Crippen molar-refractivity contribution in [3.8, 4) is 11.8 Å². The Morgan fingerprint density at radius 1 is 1.11 bits per heavy atom. The van der Waals surface area contributed by atoms with Crippen LogP contribution in [-0.2, 0) is 15.9 Å². The molecule has 2 aliphatic rings. The summed E-state index contributed by atoms with van der Waals surface area (Å²) in [5, 5.41) is 15.7. The molecule has 11 nitrogen and oxygen atoms in total. The van der Waals surface area contributed by atoms with Gasteiger partial charge in [-0.25, -0.2) is 4.68 Å². The van der Waals surface area contributed by atoms with Crippen molar-refractivity contribution in [3.05, 3.63) is 107 Å². The molecule has 1 N–H and O–H groups in total. The van der Waals surface area contributed by atoms with Crippen molar-refractivity contribution in [2.45, 2.75) is 37.1 Å². The first-order valence-electron chi connectivity index (χ1n) is 14.6. The third kappa shape index (κ3) is 5.32. The number of hydrogen-bond acceptors (Lipinski definition) is 7. The van der Waals surface area contributed by atoms with E-state index in [0.29, 0.717) is 0 Å². The number of nitriles is 1. The molecule has 0 bridgehead atoms. The van der Waals surface area contributed by atoms with Gasteiger partial charge in [-0.15, -0.1) is 3.98 Å². The predicted octanol–water partition coefficient (Wildman–Crippen LogP) is 4.56. The highest BCUT2D eigenvalue weighted by Crippen LogP contribution is 2.40. The number of amides is 2. The molecule has 0 unspecified atom stereocenters. The summed E-state index contributed by atoms with van der Waals surface area (Å²) >= 11 is 0. The zero-order valence-corrected chi connectivity index (χ0v) is 26.3. The number of hydrogen-bond donors (Lipinski definition) is 1. The molecule has 0 aliphatic carbocycles. The molecule has 3 heterocycles. The molecule has 2 aliphatic heterocycles. The van der Waals surface area contributed by atoms with E-state index in [2.05, 4.69) is 10.4 Å². The van der Waals surface area contributed by atoms with E-state index in [1.165, 1.54) is 99.8 Å². The minimum absolute atomic E-state index is 0.0349. The van der Waals surface area contributed by atoms with Crippen molar-refractivity contribution in [2.24, 2.45) is 0 Å². The van der Waals surface area contributed by atoms with Crippen LogP contribution in [0.3, 0.4) is 0 Å². The SMILES string of the molecule is COc1ccc(C(=O)Nc2cnn3c2C(=O)N(c2ccc(C(F)(F)c4ccccc4)cc2)[C@H]2C[N+](S(=O)(=O)C(C)C)=C[C@@H]23)cc1C#N. The van der Waals surface area contributed by atoms with E-state index in [9.17, 15) is 23.3 Å². The summed E-state index contributed by atoms with van der Waals surface area (Å²) in [6.07, 6.45) is 2.76. The first-order chi connectivity index (χ1) is 22.4. The summed E-state index contributed by atoms with van der Waals surface area (Å²) in [4.78, 5) is 28.9.